The topological polar surface area (TPSA) is 95.9 Å². The van der Waals surface area contributed by atoms with Crippen LogP contribution in [0.2, 0.25) is 0 Å². The quantitative estimate of drug-likeness (QED) is 0.168. The molecule has 6 heteroatoms. The van der Waals surface area contributed by atoms with Crippen LogP contribution in [0.3, 0.4) is 0 Å². The molecule has 4 fully saturated rings. The predicted molar refractivity (Wildman–Crippen MR) is 200 cm³/mol. The number of carboxylic acid groups (broad SMARTS) is 1. The van der Waals surface area contributed by atoms with Crippen LogP contribution in [0.4, 0.5) is 0 Å². The highest BCUT2D eigenvalue weighted by Gasteiger charge is 2.68. The Hall–Kier alpha value is -2.34. The highest BCUT2D eigenvalue weighted by molar-refractivity contribution is 5.83. The van der Waals surface area contributed by atoms with Crippen molar-refractivity contribution >= 4 is 11.9 Å². The van der Waals surface area contributed by atoms with Crippen LogP contribution in [0, 0.1) is 50.2 Å². The van der Waals surface area contributed by atoms with E-state index < -0.39 is 12.0 Å². The third-order valence-corrected chi connectivity index (χ3v) is 16.4. The Morgan fingerprint density at radius 3 is 2.36 bits per heavy atom. The lowest BCUT2D eigenvalue weighted by molar-refractivity contribution is -0.203. The zero-order chi connectivity index (χ0) is 36.3. The molecule has 1 amide bonds. The van der Waals surface area contributed by atoms with Crippen LogP contribution in [-0.2, 0) is 16.0 Å². The van der Waals surface area contributed by atoms with Crippen molar-refractivity contribution in [1.29, 1.82) is 0 Å². The van der Waals surface area contributed by atoms with Gasteiger partial charge in [0.2, 0.25) is 5.91 Å². The van der Waals surface area contributed by atoms with Crippen LogP contribution in [0.5, 0.6) is 5.75 Å². The highest BCUT2D eigenvalue weighted by atomic mass is 16.5. The summed E-state index contributed by atoms with van der Waals surface area (Å²) in [5.74, 6) is 1.23. The van der Waals surface area contributed by atoms with E-state index in [2.05, 4.69) is 59.9 Å². The van der Waals surface area contributed by atoms with E-state index in [1.165, 1.54) is 51.4 Å². The summed E-state index contributed by atoms with van der Waals surface area (Å²) in [6.07, 6.45) is 18.0. The van der Waals surface area contributed by atoms with E-state index in [1.807, 2.05) is 24.3 Å². The molecule has 0 spiro atoms. The molecule has 0 heterocycles. The van der Waals surface area contributed by atoms with Crippen molar-refractivity contribution < 1.29 is 24.5 Å². The molecule has 50 heavy (non-hydrogen) atoms. The molecule has 9 atom stereocenters. The number of hydrogen-bond donors (Lipinski definition) is 3. The first kappa shape index (κ1) is 37.4. The zero-order valence-corrected chi connectivity index (χ0v) is 32.5. The summed E-state index contributed by atoms with van der Waals surface area (Å²) in [6, 6.07) is 6.41. The summed E-state index contributed by atoms with van der Waals surface area (Å²) >= 11 is 0. The van der Waals surface area contributed by atoms with Gasteiger partial charge in [0.25, 0.3) is 0 Å². The smallest absolute Gasteiger partial charge is 0.326 e. The second-order valence-electron chi connectivity index (χ2n) is 19.6. The van der Waals surface area contributed by atoms with Crippen molar-refractivity contribution in [3.05, 3.63) is 41.5 Å². The van der Waals surface area contributed by atoms with Gasteiger partial charge in [-0.1, -0.05) is 84.7 Å². The number of aliphatic carboxylic acids is 1. The Balaban J connectivity index is 1.16. The van der Waals surface area contributed by atoms with Gasteiger partial charge in [0.1, 0.15) is 11.8 Å². The van der Waals surface area contributed by atoms with E-state index in [1.54, 1.807) is 12.7 Å². The second-order valence-corrected chi connectivity index (χ2v) is 19.6. The SMILES string of the molecule is COc1ccccc1CC(NC(=O)CCCC[C@]12CCC(C)(C)C[C@H]1C1=CC[C@@H]3[C@@]4(C)CC[C@H](O)C(C)(C)[C@@H]4CC[C@@]3(C)[C@]1(C)CC2)C(=O)O. The number of fused-ring (bicyclic) bond motifs is 7. The maximum absolute atomic E-state index is 13.1. The number of amides is 1. The molecular formula is C44H67NO5. The van der Waals surface area contributed by atoms with Crippen LogP contribution < -0.4 is 10.1 Å². The lowest BCUT2D eigenvalue weighted by atomic mass is 9.33. The molecule has 6 rings (SSSR count). The van der Waals surface area contributed by atoms with Gasteiger partial charge in [-0.25, -0.2) is 4.79 Å². The number of hydrogen-bond acceptors (Lipinski definition) is 4. The lowest BCUT2D eigenvalue weighted by Gasteiger charge is -2.71. The number of methoxy groups -OCH3 is 1. The molecule has 0 bridgehead atoms. The number of ether oxygens (including phenoxy) is 1. The van der Waals surface area contributed by atoms with Crippen molar-refractivity contribution in [2.45, 2.75) is 157 Å². The first-order chi connectivity index (χ1) is 23.4. The van der Waals surface area contributed by atoms with E-state index in [4.69, 9.17) is 4.74 Å². The van der Waals surface area contributed by atoms with Gasteiger partial charge in [-0.15, -0.1) is 0 Å². The molecule has 1 unspecified atom stereocenters. The van der Waals surface area contributed by atoms with Crippen LogP contribution in [0.1, 0.15) is 144 Å². The molecule has 4 saturated carbocycles. The van der Waals surface area contributed by atoms with Crippen molar-refractivity contribution in [1.82, 2.24) is 5.32 Å². The molecule has 0 aromatic heterocycles. The van der Waals surface area contributed by atoms with E-state index in [0.717, 1.165) is 37.7 Å². The van der Waals surface area contributed by atoms with Gasteiger partial charge < -0.3 is 20.3 Å². The second kappa shape index (κ2) is 13.3. The van der Waals surface area contributed by atoms with Gasteiger partial charge in [0.05, 0.1) is 13.2 Å². The van der Waals surface area contributed by atoms with Crippen molar-refractivity contribution in [3.8, 4) is 5.75 Å². The number of carbonyl (C=O) groups is 2. The molecule has 5 aliphatic rings. The summed E-state index contributed by atoms with van der Waals surface area (Å²) in [5.41, 5.74) is 3.83. The average molecular weight is 690 g/mol. The summed E-state index contributed by atoms with van der Waals surface area (Å²) in [5, 5.41) is 23.8. The van der Waals surface area contributed by atoms with E-state index in [-0.39, 0.29) is 45.5 Å². The number of aliphatic hydroxyl groups is 1. The number of nitrogens with one attached hydrogen (secondary N) is 1. The van der Waals surface area contributed by atoms with Gasteiger partial charge in [-0.2, -0.15) is 0 Å². The fraction of sp³-hybridized carbons (Fsp3) is 0.773. The molecule has 5 aliphatic carbocycles. The van der Waals surface area contributed by atoms with Crippen molar-refractivity contribution in [2.24, 2.45) is 50.2 Å². The maximum Gasteiger partial charge on any atom is 0.326 e. The number of carbonyl (C=O) groups excluding carboxylic acids is 1. The van der Waals surface area contributed by atoms with Gasteiger partial charge in [-0.3, -0.25) is 4.79 Å². The van der Waals surface area contributed by atoms with E-state index in [9.17, 15) is 19.8 Å². The van der Waals surface area contributed by atoms with Crippen LogP contribution in [-0.4, -0.2) is 41.3 Å². The molecule has 6 nitrogen and oxygen atoms in total. The Bertz CT molecular complexity index is 1480. The minimum Gasteiger partial charge on any atom is -0.496 e. The average Bonchev–Trinajstić information content (AvgIpc) is 3.05. The summed E-state index contributed by atoms with van der Waals surface area (Å²) in [4.78, 5) is 25.2. The molecule has 0 radical (unpaired) electrons. The van der Waals surface area contributed by atoms with E-state index in [0.29, 0.717) is 35.3 Å². The minimum absolute atomic E-state index is 0.0325. The van der Waals surface area contributed by atoms with E-state index >= 15 is 0 Å². The molecule has 278 valence electrons. The van der Waals surface area contributed by atoms with Crippen LogP contribution >= 0.6 is 0 Å². The molecular weight excluding hydrogens is 622 g/mol. The van der Waals surface area contributed by atoms with Gasteiger partial charge in [-0.05, 0) is 139 Å². The minimum atomic E-state index is -1.02. The number of unbranched alkanes of at least 4 members (excludes halogenated alkanes) is 1. The van der Waals surface area contributed by atoms with Gasteiger partial charge in [0.15, 0.2) is 0 Å². The summed E-state index contributed by atoms with van der Waals surface area (Å²) < 4.78 is 5.41. The number of aliphatic hydroxyl groups excluding tert-OH is 1. The molecule has 1 aromatic rings. The Labute approximate surface area is 302 Å². The lowest BCUT2D eigenvalue weighted by Crippen LogP contribution is -2.64. The van der Waals surface area contributed by atoms with Crippen molar-refractivity contribution in [2.75, 3.05) is 7.11 Å². The zero-order valence-electron chi connectivity index (χ0n) is 32.5. The number of para-hydroxylation sites is 1. The van der Waals surface area contributed by atoms with Crippen LogP contribution in [0.25, 0.3) is 0 Å². The third-order valence-electron chi connectivity index (χ3n) is 16.4. The molecule has 0 aliphatic heterocycles. The number of allylic oxidation sites excluding steroid dienone is 2. The summed E-state index contributed by atoms with van der Waals surface area (Å²) in [6.45, 7) is 17.5. The fourth-order valence-corrected chi connectivity index (χ4v) is 13.1. The highest BCUT2D eigenvalue weighted by Crippen LogP contribution is 2.76. The number of benzene rings is 1. The standard InChI is InChI=1S/C44H67NO5/c1-39(2)23-25-44(20-12-11-15-37(47)45-32(38(48)49)27-29-13-9-10-14-33(29)50-8)26-24-42(6)30(31(44)28-39)16-17-35-41(5)21-19-36(46)40(3,4)34(41)18-22-43(35,42)7/h9-10,13-14,16,31-32,34-36,46H,11-12,15,17-28H2,1-8H3,(H,45,47)(H,48,49)/t31-,32?,34-,35+,36-,41-,42+,43+,44+/m0/s1. The number of rotatable bonds is 10. The van der Waals surface area contributed by atoms with Crippen LogP contribution in [0.15, 0.2) is 35.9 Å². The Morgan fingerprint density at radius 2 is 1.64 bits per heavy atom. The summed E-state index contributed by atoms with van der Waals surface area (Å²) in [7, 11) is 1.58. The molecule has 1 aromatic carbocycles. The first-order valence-corrected chi connectivity index (χ1v) is 20.0. The van der Waals surface area contributed by atoms with Crippen molar-refractivity contribution in [3.63, 3.8) is 0 Å². The van der Waals surface area contributed by atoms with Gasteiger partial charge >= 0.3 is 5.97 Å². The Morgan fingerprint density at radius 1 is 0.920 bits per heavy atom. The monoisotopic (exact) mass is 690 g/mol. The Kier molecular flexibility index (Phi) is 9.92. The maximum atomic E-state index is 13.1. The fourth-order valence-electron chi connectivity index (χ4n) is 13.1. The van der Waals surface area contributed by atoms with Gasteiger partial charge in [0, 0.05) is 12.8 Å². The first-order valence-electron chi connectivity index (χ1n) is 20.0. The normalized spacial score (nSPS) is 39.0. The number of carboxylic acids is 1. The largest absolute Gasteiger partial charge is 0.496 e. The molecule has 3 N–H and O–H groups in total. The third kappa shape index (κ3) is 6.15. The molecule has 0 saturated heterocycles. The predicted octanol–water partition coefficient (Wildman–Crippen LogP) is 9.53.